The van der Waals surface area contributed by atoms with E-state index in [0.29, 0.717) is 6.04 Å². The molecular formula is C24H34N4O. The first-order chi connectivity index (χ1) is 14.2. The van der Waals surface area contributed by atoms with Gasteiger partial charge >= 0.3 is 0 Å². The van der Waals surface area contributed by atoms with E-state index in [-0.39, 0.29) is 11.0 Å². The third kappa shape index (κ3) is 3.75. The molecule has 1 N–H and O–H groups in total. The highest BCUT2D eigenvalue weighted by molar-refractivity contribution is 5.23. The lowest BCUT2D eigenvalue weighted by molar-refractivity contribution is -0.104. The van der Waals surface area contributed by atoms with Gasteiger partial charge in [-0.3, -0.25) is 9.67 Å². The fourth-order valence-electron chi connectivity index (χ4n) is 6.17. The second-order valence-electron chi connectivity index (χ2n) is 9.54. The van der Waals surface area contributed by atoms with Crippen LogP contribution in [0.1, 0.15) is 68.3 Å². The molecule has 5 rings (SSSR count). The van der Waals surface area contributed by atoms with Gasteiger partial charge in [0.2, 0.25) is 0 Å². The van der Waals surface area contributed by atoms with Crippen molar-refractivity contribution in [3.8, 4) is 0 Å². The molecule has 5 nitrogen and oxygen atoms in total. The monoisotopic (exact) mass is 394 g/mol. The smallest absolute Gasteiger partial charge is 0.0691 e. The van der Waals surface area contributed by atoms with E-state index in [9.17, 15) is 0 Å². The van der Waals surface area contributed by atoms with Gasteiger partial charge in [0.1, 0.15) is 0 Å². The highest BCUT2D eigenvalue weighted by atomic mass is 16.5. The molecule has 0 radical (unpaired) electrons. The van der Waals surface area contributed by atoms with Crippen LogP contribution in [-0.4, -0.2) is 39.6 Å². The van der Waals surface area contributed by atoms with Gasteiger partial charge in [0.25, 0.3) is 0 Å². The summed E-state index contributed by atoms with van der Waals surface area (Å²) in [4.78, 5) is 4.83. The molecule has 2 atom stereocenters. The molecule has 2 fully saturated rings. The first-order valence-corrected chi connectivity index (χ1v) is 11.5. The van der Waals surface area contributed by atoms with Crippen molar-refractivity contribution in [1.82, 2.24) is 20.1 Å². The molecule has 0 aromatic carbocycles. The van der Waals surface area contributed by atoms with Crippen LogP contribution in [0, 0.1) is 0 Å². The van der Waals surface area contributed by atoms with E-state index in [1.54, 1.807) is 0 Å². The second kappa shape index (κ2) is 7.84. The Morgan fingerprint density at radius 1 is 1.24 bits per heavy atom. The molecule has 1 aliphatic heterocycles. The number of nitrogens with one attached hydrogen (secondary N) is 1. The molecule has 2 aromatic heterocycles. The van der Waals surface area contributed by atoms with E-state index in [1.807, 2.05) is 16.9 Å². The summed E-state index contributed by atoms with van der Waals surface area (Å²) in [6, 6.07) is 7.00. The van der Waals surface area contributed by atoms with E-state index in [4.69, 9.17) is 9.72 Å². The number of hydrogen-bond acceptors (Lipinski definition) is 4. The zero-order valence-corrected chi connectivity index (χ0v) is 17.7. The van der Waals surface area contributed by atoms with Crippen LogP contribution < -0.4 is 5.32 Å². The molecule has 2 aromatic rings. The normalized spacial score (nSPS) is 28.5. The molecule has 3 aliphatic rings. The van der Waals surface area contributed by atoms with Gasteiger partial charge in [0.05, 0.1) is 11.8 Å². The maximum Gasteiger partial charge on any atom is 0.0691 e. The van der Waals surface area contributed by atoms with E-state index in [0.717, 1.165) is 45.3 Å². The molecule has 0 bridgehead atoms. The van der Waals surface area contributed by atoms with Crippen molar-refractivity contribution in [3.63, 3.8) is 0 Å². The van der Waals surface area contributed by atoms with Gasteiger partial charge < -0.3 is 10.1 Å². The third-order valence-electron chi connectivity index (χ3n) is 7.75. The summed E-state index contributed by atoms with van der Waals surface area (Å²) in [7, 11) is 2.06. The minimum Gasteiger partial charge on any atom is -0.375 e. The number of fused-ring (bicyclic) bond motifs is 1. The van der Waals surface area contributed by atoms with Gasteiger partial charge in [0.15, 0.2) is 0 Å². The molecule has 3 heterocycles. The van der Waals surface area contributed by atoms with Gasteiger partial charge in [-0.1, -0.05) is 18.9 Å². The van der Waals surface area contributed by atoms with Crippen LogP contribution in [0.25, 0.3) is 0 Å². The molecule has 1 saturated carbocycles. The lowest BCUT2D eigenvalue weighted by Gasteiger charge is -2.46. The maximum atomic E-state index is 6.38. The van der Waals surface area contributed by atoms with E-state index < -0.39 is 0 Å². The van der Waals surface area contributed by atoms with Gasteiger partial charge in [-0.2, -0.15) is 5.10 Å². The predicted molar refractivity (Wildman–Crippen MR) is 114 cm³/mol. The quantitative estimate of drug-likeness (QED) is 0.840. The molecular weight excluding hydrogens is 360 g/mol. The van der Waals surface area contributed by atoms with Gasteiger partial charge in [0, 0.05) is 42.7 Å². The Kier molecular flexibility index (Phi) is 5.21. The highest BCUT2D eigenvalue weighted by Crippen LogP contribution is 2.49. The fraction of sp³-hybridized carbons (Fsp3) is 0.667. The van der Waals surface area contributed by atoms with Crippen molar-refractivity contribution in [2.24, 2.45) is 7.05 Å². The number of rotatable bonds is 5. The van der Waals surface area contributed by atoms with Gasteiger partial charge in [-0.15, -0.1) is 0 Å². The molecule has 5 heteroatoms. The van der Waals surface area contributed by atoms with Crippen LogP contribution in [0.5, 0.6) is 0 Å². The van der Waals surface area contributed by atoms with Crippen LogP contribution >= 0.6 is 0 Å². The summed E-state index contributed by atoms with van der Waals surface area (Å²) in [5, 5.41) is 8.33. The van der Waals surface area contributed by atoms with Crippen molar-refractivity contribution in [1.29, 1.82) is 0 Å². The molecule has 156 valence electrons. The lowest BCUT2D eigenvalue weighted by Crippen LogP contribution is -2.48. The Balaban J connectivity index is 1.28. The predicted octanol–water partition coefficient (Wildman–Crippen LogP) is 3.71. The fourth-order valence-corrected chi connectivity index (χ4v) is 6.17. The summed E-state index contributed by atoms with van der Waals surface area (Å²) in [5.74, 6) is 0. The van der Waals surface area contributed by atoms with E-state index in [1.165, 1.54) is 49.1 Å². The van der Waals surface area contributed by atoms with Crippen molar-refractivity contribution >= 4 is 0 Å². The van der Waals surface area contributed by atoms with Crippen molar-refractivity contribution in [3.05, 3.63) is 47.5 Å². The van der Waals surface area contributed by atoms with Crippen LogP contribution in [0.15, 0.2) is 30.6 Å². The number of nitrogens with zero attached hydrogens (tertiary/aromatic N) is 3. The van der Waals surface area contributed by atoms with Gasteiger partial charge in [-0.25, -0.2) is 0 Å². The Labute approximate surface area is 174 Å². The van der Waals surface area contributed by atoms with E-state index in [2.05, 4.69) is 35.8 Å². The topological polar surface area (TPSA) is 52.0 Å². The zero-order chi connectivity index (χ0) is 19.7. The SMILES string of the molecule is Cn1ncc2c1CCC(NCC[C@@]1(c3ccccn3)CCOC3(CCCC3)C1)C2. The maximum absolute atomic E-state index is 6.38. The molecule has 1 unspecified atom stereocenters. The summed E-state index contributed by atoms with van der Waals surface area (Å²) in [6.07, 6.45) is 15.9. The van der Waals surface area contributed by atoms with Crippen molar-refractivity contribution in [2.45, 2.75) is 81.3 Å². The largest absolute Gasteiger partial charge is 0.375 e. The number of pyridine rings is 1. The Morgan fingerprint density at radius 2 is 2.14 bits per heavy atom. The van der Waals surface area contributed by atoms with Crippen LogP contribution in [-0.2, 0) is 30.0 Å². The third-order valence-corrected chi connectivity index (χ3v) is 7.75. The number of aromatic nitrogens is 3. The Hall–Kier alpha value is -1.72. The second-order valence-corrected chi connectivity index (χ2v) is 9.54. The Morgan fingerprint density at radius 3 is 2.97 bits per heavy atom. The van der Waals surface area contributed by atoms with Crippen molar-refractivity contribution in [2.75, 3.05) is 13.2 Å². The molecule has 29 heavy (non-hydrogen) atoms. The number of ether oxygens (including phenoxy) is 1. The minimum atomic E-state index is 0.102. The summed E-state index contributed by atoms with van der Waals surface area (Å²) in [5.41, 5.74) is 4.36. The standard InChI is InChI=1S/C24H34N4O/c1-28-21-8-7-20(16-19(21)17-27-28)25-14-11-23(22-6-2-5-13-26-22)12-15-29-24(18-23)9-3-4-10-24/h2,5-6,13,17,20,25H,3-4,7-12,14-16,18H2,1H3/t20?,23-/m1/s1. The minimum absolute atomic E-state index is 0.102. The van der Waals surface area contributed by atoms with Crippen LogP contribution in [0.3, 0.4) is 0 Å². The van der Waals surface area contributed by atoms with Gasteiger partial charge in [-0.05, 0) is 75.6 Å². The number of hydrogen-bond donors (Lipinski definition) is 1. The number of aryl methyl sites for hydroxylation is 1. The summed E-state index contributed by atoms with van der Waals surface area (Å²) < 4.78 is 8.43. The summed E-state index contributed by atoms with van der Waals surface area (Å²) in [6.45, 7) is 1.92. The average Bonchev–Trinajstić information content (AvgIpc) is 3.35. The molecule has 0 amide bonds. The summed E-state index contributed by atoms with van der Waals surface area (Å²) >= 11 is 0. The van der Waals surface area contributed by atoms with Crippen LogP contribution in [0.4, 0.5) is 0 Å². The van der Waals surface area contributed by atoms with E-state index >= 15 is 0 Å². The first kappa shape index (κ1) is 19.3. The highest BCUT2D eigenvalue weighted by Gasteiger charge is 2.48. The molecule has 1 spiro atoms. The average molecular weight is 395 g/mol. The molecule has 1 saturated heterocycles. The lowest BCUT2D eigenvalue weighted by atomic mass is 9.68. The zero-order valence-electron chi connectivity index (χ0n) is 17.7. The van der Waals surface area contributed by atoms with Crippen molar-refractivity contribution < 1.29 is 4.74 Å². The Bertz CT molecular complexity index is 827. The van der Waals surface area contributed by atoms with Crippen LogP contribution in [0.2, 0.25) is 0 Å². The molecule has 2 aliphatic carbocycles. The first-order valence-electron chi connectivity index (χ1n) is 11.5.